The molecular weight excluding hydrogens is 226 g/mol. The molecule has 0 saturated carbocycles. The number of rotatable bonds is 6. The number of phenolic OH excluding ortho intramolecular Hbond substituents is 1. The van der Waals surface area contributed by atoms with Gasteiger partial charge in [-0.3, -0.25) is 0 Å². The Kier molecular flexibility index (Phi) is 5.17. The van der Waals surface area contributed by atoms with Gasteiger partial charge in [-0.15, -0.1) is 0 Å². The van der Waals surface area contributed by atoms with E-state index < -0.39 is 0 Å². The highest BCUT2D eigenvalue weighted by Gasteiger charge is 2.19. The molecule has 1 rings (SSSR count). The number of aromatic hydroxyl groups is 1. The molecule has 0 spiro atoms. The molecule has 0 bridgehead atoms. The van der Waals surface area contributed by atoms with Crippen LogP contribution >= 0.6 is 0 Å². The summed E-state index contributed by atoms with van der Waals surface area (Å²) in [5.41, 5.74) is 2.13. The Bertz CT molecular complexity index is 388. The molecule has 1 unspecified atom stereocenters. The Labute approximate surface area is 110 Å². The summed E-state index contributed by atoms with van der Waals surface area (Å²) in [5, 5.41) is 22.3. The van der Waals surface area contributed by atoms with Crippen molar-refractivity contribution in [2.24, 2.45) is 5.41 Å². The first kappa shape index (κ1) is 15.0. The second-order valence-corrected chi connectivity index (χ2v) is 5.80. The van der Waals surface area contributed by atoms with Crippen molar-refractivity contribution in [3.05, 3.63) is 29.3 Å². The fourth-order valence-corrected chi connectivity index (χ4v) is 1.95. The molecule has 18 heavy (non-hydrogen) atoms. The summed E-state index contributed by atoms with van der Waals surface area (Å²) in [6, 6.07) is 5.75. The maximum Gasteiger partial charge on any atom is 0.120 e. The number of nitrogens with one attached hydrogen (secondary N) is 1. The summed E-state index contributed by atoms with van der Waals surface area (Å²) >= 11 is 0. The first-order chi connectivity index (χ1) is 8.35. The lowest BCUT2D eigenvalue weighted by molar-refractivity contribution is 0.203. The Hall–Kier alpha value is -1.06. The number of hydrogen-bond acceptors (Lipinski definition) is 3. The predicted molar refractivity (Wildman–Crippen MR) is 74.7 cm³/mol. The monoisotopic (exact) mass is 251 g/mol. The number of aryl methyl sites for hydroxylation is 1. The quantitative estimate of drug-likeness (QED) is 0.728. The van der Waals surface area contributed by atoms with Gasteiger partial charge < -0.3 is 15.5 Å². The van der Waals surface area contributed by atoms with Crippen molar-refractivity contribution in [3.63, 3.8) is 0 Å². The van der Waals surface area contributed by atoms with Crippen molar-refractivity contribution in [3.8, 4) is 5.75 Å². The molecule has 1 aromatic rings. The maximum absolute atomic E-state index is 9.86. The average Bonchev–Trinajstić information content (AvgIpc) is 2.29. The molecular formula is C15H25NO2. The molecule has 0 heterocycles. The van der Waals surface area contributed by atoms with Gasteiger partial charge in [0.05, 0.1) is 0 Å². The average molecular weight is 251 g/mol. The van der Waals surface area contributed by atoms with Gasteiger partial charge in [0.2, 0.25) is 0 Å². The van der Waals surface area contributed by atoms with Crippen LogP contribution in [0.25, 0.3) is 0 Å². The van der Waals surface area contributed by atoms with Crippen LogP contribution in [0.3, 0.4) is 0 Å². The first-order valence-electron chi connectivity index (χ1n) is 6.49. The Morgan fingerprint density at radius 2 is 2.00 bits per heavy atom. The van der Waals surface area contributed by atoms with Crippen molar-refractivity contribution < 1.29 is 10.2 Å². The summed E-state index contributed by atoms with van der Waals surface area (Å²) in [7, 11) is 0. The molecule has 1 aromatic carbocycles. The Morgan fingerprint density at radius 3 is 2.61 bits per heavy atom. The number of aliphatic hydroxyl groups excluding tert-OH is 1. The second kappa shape index (κ2) is 6.21. The molecule has 0 aromatic heterocycles. The summed E-state index contributed by atoms with van der Waals surface area (Å²) in [4.78, 5) is 0. The SMILES string of the molecule is Cc1ccc(O)c(C(C)NCC(C)(C)CCO)c1. The van der Waals surface area contributed by atoms with Crippen molar-refractivity contribution in [2.45, 2.75) is 40.2 Å². The van der Waals surface area contributed by atoms with E-state index in [0.29, 0.717) is 5.75 Å². The zero-order chi connectivity index (χ0) is 13.8. The highest BCUT2D eigenvalue weighted by molar-refractivity contribution is 5.37. The highest BCUT2D eigenvalue weighted by Crippen LogP contribution is 2.26. The van der Waals surface area contributed by atoms with Crippen LogP contribution in [0.15, 0.2) is 18.2 Å². The van der Waals surface area contributed by atoms with Crippen LogP contribution in [0.1, 0.15) is 44.4 Å². The minimum atomic E-state index is 0.0580. The van der Waals surface area contributed by atoms with Crippen molar-refractivity contribution in [2.75, 3.05) is 13.2 Å². The van der Waals surface area contributed by atoms with E-state index in [0.717, 1.165) is 24.1 Å². The van der Waals surface area contributed by atoms with Gasteiger partial charge in [0.25, 0.3) is 0 Å². The number of hydrogen-bond donors (Lipinski definition) is 3. The van der Waals surface area contributed by atoms with Gasteiger partial charge in [-0.1, -0.05) is 31.5 Å². The van der Waals surface area contributed by atoms with E-state index in [1.165, 1.54) is 0 Å². The van der Waals surface area contributed by atoms with E-state index >= 15 is 0 Å². The lowest BCUT2D eigenvalue weighted by Gasteiger charge is -2.27. The summed E-state index contributed by atoms with van der Waals surface area (Å²) < 4.78 is 0. The van der Waals surface area contributed by atoms with E-state index in [1.54, 1.807) is 6.07 Å². The predicted octanol–water partition coefficient (Wildman–Crippen LogP) is 2.76. The standard InChI is InChI=1S/C15H25NO2/c1-11-5-6-14(18)13(9-11)12(2)16-10-15(3,4)7-8-17/h5-6,9,12,16-18H,7-8,10H2,1-4H3. The largest absolute Gasteiger partial charge is 0.508 e. The molecule has 0 aliphatic carbocycles. The molecule has 0 fully saturated rings. The fourth-order valence-electron chi connectivity index (χ4n) is 1.95. The van der Waals surface area contributed by atoms with Crippen LogP contribution in [0.4, 0.5) is 0 Å². The Balaban J connectivity index is 2.65. The smallest absolute Gasteiger partial charge is 0.120 e. The molecule has 0 radical (unpaired) electrons. The Morgan fingerprint density at radius 1 is 1.33 bits per heavy atom. The van der Waals surface area contributed by atoms with E-state index in [9.17, 15) is 5.11 Å². The third kappa shape index (κ3) is 4.31. The molecule has 102 valence electrons. The molecule has 3 N–H and O–H groups in total. The van der Waals surface area contributed by atoms with Crippen molar-refractivity contribution >= 4 is 0 Å². The van der Waals surface area contributed by atoms with E-state index in [1.807, 2.05) is 26.0 Å². The van der Waals surface area contributed by atoms with Crippen LogP contribution in [0.2, 0.25) is 0 Å². The number of aliphatic hydroxyl groups is 1. The molecule has 3 nitrogen and oxygen atoms in total. The zero-order valence-electron chi connectivity index (χ0n) is 11.8. The minimum absolute atomic E-state index is 0.0580. The van der Waals surface area contributed by atoms with E-state index in [2.05, 4.69) is 19.2 Å². The van der Waals surface area contributed by atoms with Gasteiger partial charge in [0.15, 0.2) is 0 Å². The minimum Gasteiger partial charge on any atom is -0.508 e. The maximum atomic E-state index is 9.86. The topological polar surface area (TPSA) is 52.5 Å². The third-order valence-electron chi connectivity index (χ3n) is 3.32. The van der Waals surface area contributed by atoms with Gasteiger partial charge in [0, 0.05) is 24.8 Å². The van der Waals surface area contributed by atoms with Gasteiger partial charge >= 0.3 is 0 Å². The fraction of sp³-hybridized carbons (Fsp3) is 0.600. The molecule has 1 atom stereocenters. The van der Waals surface area contributed by atoms with Gasteiger partial charge in [-0.05, 0) is 31.7 Å². The molecule has 0 aliphatic heterocycles. The van der Waals surface area contributed by atoms with Gasteiger partial charge in [-0.25, -0.2) is 0 Å². The van der Waals surface area contributed by atoms with Crippen LogP contribution in [-0.4, -0.2) is 23.4 Å². The summed E-state index contributed by atoms with van der Waals surface area (Å²) in [6.45, 7) is 9.33. The molecule has 0 saturated heterocycles. The number of benzene rings is 1. The van der Waals surface area contributed by atoms with Gasteiger partial charge in [0.1, 0.15) is 5.75 Å². The normalized spacial score (nSPS) is 13.6. The molecule has 3 heteroatoms. The van der Waals surface area contributed by atoms with Crippen molar-refractivity contribution in [1.29, 1.82) is 0 Å². The van der Waals surface area contributed by atoms with Crippen LogP contribution in [0, 0.1) is 12.3 Å². The lowest BCUT2D eigenvalue weighted by Crippen LogP contribution is -2.32. The second-order valence-electron chi connectivity index (χ2n) is 5.80. The lowest BCUT2D eigenvalue weighted by atomic mass is 9.89. The first-order valence-corrected chi connectivity index (χ1v) is 6.49. The molecule has 0 aliphatic rings. The molecule has 0 amide bonds. The third-order valence-corrected chi connectivity index (χ3v) is 3.32. The summed E-state index contributed by atoms with van der Waals surface area (Å²) in [5.74, 6) is 0.334. The van der Waals surface area contributed by atoms with Crippen LogP contribution < -0.4 is 5.32 Å². The van der Waals surface area contributed by atoms with Crippen molar-refractivity contribution in [1.82, 2.24) is 5.32 Å². The van der Waals surface area contributed by atoms with Crippen LogP contribution in [0.5, 0.6) is 5.75 Å². The van der Waals surface area contributed by atoms with E-state index in [4.69, 9.17) is 5.11 Å². The van der Waals surface area contributed by atoms with E-state index in [-0.39, 0.29) is 18.1 Å². The zero-order valence-corrected chi connectivity index (χ0v) is 11.8. The number of phenols is 1. The summed E-state index contributed by atoms with van der Waals surface area (Å²) in [6.07, 6.45) is 0.770. The van der Waals surface area contributed by atoms with Gasteiger partial charge in [-0.2, -0.15) is 0 Å². The van der Waals surface area contributed by atoms with Crippen LogP contribution in [-0.2, 0) is 0 Å². The highest BCUT2D eigenvalue weighted by atomic mass is 16.3.